The Morgan fingerprint density at radius 3 is 2.13 bits per heavy atom. The molecule has 0 N–H and O–H groups in total. The molecular weight excluding hydrogens is 187 g/mol. The first kappa shape index (κ1) is 14.9. The molecular formula is C14H29F. The van der Waals surface area contributed by atoms with E-state index in [1.807, 2.05) is 0 Å². The zero-order valence-electron chi connectivity index (χ0n) is 11.3. The van der Waals surface area contributed by atoms with Gasteiger partial charge >= 0.3 is 0 Å². The quantitative estimate of drug-likeness (QED) is 0.512. The molecule has 2 atom stereocenters. The zero-order valence-corrected chi connectivity index (χ0v) is 11.3. The summed E-state index contributed by atoms with van der Waals surface area (Å²) in [5, 5.41) is 0. The molecule has 0 aliphatic carbocycles. The highest BCUT2D eigenvalue weighted by molar-refractivity contribution is 4.71. The molecule has 0 radical (unpaired) electrons. The van der Waals surface area contributed by atoms with E-state index in [9.17, 15) is 4.39 Å². The number of halogens is 1. The number of rotatable bonds is 8. The van der Waals surface area contributed by atoms with Crippen molar-refractivity contribution in [1.82, 2.24) is 0 Å². The summed E-state index contributed by atoms with van der Waals surface area (Å²) < 4.78 is 13.3. The van der Waals surface area contributed by atoms with Gasteiger partial charge < -0.3 is 0 Å². The van der Waals surface area contributed by atoms with Gasteiger partial charge in [0.25, 0.3) is 0 Å². The monoisotopic (exact) mass is 216 g/mol. The van der Waals surface area contributed by atoms with Crippen LogP contribution in [0.5, 0.6) is 0 Å². The van der Waals surface area contributed by atoms with Crippen LogP contribution >= 0.6 is 0 Å². The molecule has 0 aromatic heterocycles. The lowest BCUT2D eigenvalue weighted by atomic mass is 9.79. The minimum atomic E-state index is -0.567. The van der Waals surface area contributed by atoms with Crippen molar-refractivity contribution < 1.29 is 4.39 Å². The Balaban J connectivity index is 3.70. The summed E-state index contributed by atoms with van der Waals surface area (Å²) in [5.74, 6) is 0.662. The third-order valence-corrected chi connectivity index (χ3v) is 3.43. The van der Waals surface area contributed by atoms with E-state index in [4.69, 9.17) is 0 Å². The SMILES string of the molecule is CCCC(F)CC[C@H](C)CC(C)(C)CC. The summed E-state index contributed by atoms with van der Waals surface area (Å²) in [6.45, 7) is 11.2. The molecule has 1 heteroatoms. The van der Waals surface area contributed by atoms with Crippen LogP contribution < -0.4 is 0 Å². The Kier molecular flexibility index (Phi) is 7.21. The maximum Gasteiger partial charge on any atom is 0.100 e. The van der Waals surface area contributed by atoms with Gasteiger partial charge in [-0.05, 0) is 37.0 Å². The first-order valence-corrected chi connectivity index (χ1v) is 6.55. The molecule has 0 fully saturated rings. The molecule has 0 amide bonds. The van der Waals surface area contributed by atoms with Crippen molar-refractivity contribution in [3.8, 4) is 0 Å². The van der Waals surface area contributed by atoms with Crippen molar-refractivity contribution in [2.45, 2.75) is 79.3 Å². The molecule has 0 rings (SSSR count). The Hall–Kier alpha value is -0.0700. The second-order valence-electron chi connectivity index (χ2n) is 5.79. The third-order valence-electron chi connectivity index (χ3n) is 3.43. The molecule has 0 nitrogen and oxygen atoms in total. The van der Waals surface area contributed by atoms with E-state index in [1.165, 1.54) is 12.8 Å². The van der Waals surface area contributed by atoms with Crippen LogP contribution in [0.25, 0.3) is 0 Å². The summed E-state index contributed by atoms with van der Waals surface area (Å²) in [6.07, 6.45) is 5.38. The lowest BCUT2D eigenvalue weighted by molar-refractivity contribution is 0.227. The van der Waals surface area contributed by atoms with Gasteiger partial charge in [0.1, 0.15) is 6.17 Å². The molecule has 0 aromatic carbocycles. The van der Waals surface area contributed by atoms with Gasteiger partial charge in [0.2, 0.25) is 0 Å². The van der Waals surface area contributed by atoms with E-state index in [1.54, 1.807) is 0 Å². The van der Waals surface area contributed by atoms with Crippen LogP contribution in [0.3, 0.4) is 0 Å². The second kappa shape index (κ2) is 7.24. The topological polar surface area (TPSA) is 0 Å². The van der Waals surface area contributed by atoms with E-state index in [0.29, 0.717) is 11.3 Å². The van der Waals surface area contributed by atoms with Crippen molar-refractivity contribution in [3.63, 3.8) is 0 Å². The molecule has 0 heterocycles. The summed E-state index contributed by atoms with van der Waals surface area (Å²) in [4.78, 5) is 0. The minimum absolute atomic E-state index is 0.427. The fourth-order valence-corrected chi connectivity index (χ4v) is 2.11. The number of alkyl halides is 1. The van der Waals surface area contributed by atoms with Gasteiger partial charge in [0.05, 0.1) is 0 Å². The van der Waals surface area contributed by atoms with Crippen molar-refractivity contribution >= 4 is 0 Å². The van der Waals surface area contributed by atoms with Gasteiger partial charge in [-0.2, -0.15) is 0 Å². The maximum atomic E-state index is 13.3. The molecule has 0 bridgehead atoms. The smallest absolute Gasteiger partial charge is 0.100 e. The van der Waals surface area contributed by atoms with Crippen LogP contribution in [-0.2, 0) is 0 Å². The molecule has 1 unspecified atom stereocenters. The van der Waals surface area contributed by atoms with Crippen LogP contribution in [-0.4, -0.2) is 6.17 Å². The molecule has 0 spiro atoms. The van der Waals surface area contributed by atoms with E-state index >= 15 is 0 Å². The highest BCUT2D eigenvalue weighted by Gasteiger charge is 2.19. The fraction of sp³-hybridized carbons (Fsp3) is 1.00. The van der Waals surface area contributed by atoms with Gasteiger partial charge in [-0.1, -0.05) is 47.5 Å². The molecule has 0 aromatic rings. The standard InChI is InChI=1S/C14H29F/c1-6-8-13(15)10-9-12(3)11-14(4,5)7-2/h12-13H,6-11H2,1-5H3/t12-,13?/m0/s1. The Morgan fingerprint density at radius 1 is 1.07 bits per heavy atom. The first-order valence-electron chi connectivity index (χ1n) is 6.55. The largest absolute Gasteiger partial charge is 0.247 e. The van der Waals surface area contributed by atoms with Gasteiger partial charge in [0, 0.05) is 0 Å². The van der Waals surface area contributed by atoms with Crippen LogP contribution in [0, 0.1) is 11.3 Å². The zero-order chi connectivity index (χ0) is 11.9. The maximum absolute atomic E-state index is 13.3. The highest BCUT2D eigenvalue weighted by atomic mass is 19.1. The molecule has 0 saturated carbocycles. The minimum Gasteiger partial charge on any atom is -0.247 e. The second-order valence-corrected chi connectivity index (χ2v) is 5.79. The van der Waals surface area contributed by atoms with Crippen molar-refractivity contribution in [1.29, 1.82) is 0 Å². The average molecular weight is 216 g/mol. The number of hydrogen-bond donors (Lipinski definition) is 0. The molecule has 92 valence electrons. The predicted molar refractivity (Wildman–Crippen MR) is 66.9 cm³/mol. The van der Waals surface area contributed by atoms with Gasteiger partial charge in [-0.3, -0.25) is 0 Å². The summed E-state index contributed by atoms with van der Waals surface area (Å²) in [7, 11) is 0. The summed E-state index contributed by atoms with van der Waals surface area (Å²) in [5.41, 5.74) is 0.427. The Bertz CT molecular complexity index is 151. The van der Waals surface area contributed by atoms with Crippen LogP contribution in [0.2, 0.25) is 0 Å². The van der Waals surface area contributed by atoms with Crippen LogP contribution in [0.15, 0.2) is 0 Å². The van der Waals surface area contributed by atoms with Crippen LogP contribution in [0.1, 0.15) is 73.1 Å². The lowest BCUT2D eigenvalue weighted by Crippen LogP contribution is -2.15. The Morgan fingerprint density at radius 2 is 1.67 bits per heavy atom. The molecule has 15 heavy (non-hydrogen) atoms. The first-order chi connectivity index (χ1) is 6.91. The van der Waals surface area contributed by atoms with Crippen molar-refractivity contribution in [2.75, 3.05) is 0 Å². The molecule has 0 aliphatic heterocycles. The van der Waals surface area contributed by atoms with Crippen LogP contribution in [0.4, 0.5) is 4.39 Å². The molecule has 0 saturated heterocycles. The average Bonchev–Trinajstić information content (AvgIpc) is 2.15. The number of hydrogen-bond acceptors (Lipinski definition) is 0. The third kappa shape index (κ3) is 7.81. The Labute approximate surface area is 95.6 Å². The van der Waals surface area contributed by atoms with E-state index in [2.05, 4.69) is 34.6 Å². The highest BCUT2D eigenvalue weighted by Crippen LogP contribution is 2.31. The van der Waals surface area contributed by atoms with Gasteiger partial charge in [-0.25, -0.2) is 4.39 Å². The van der Waals surface area contributed by atoms with E-state index < -0.39 is 6.17 Å². The lowest BCUT2D eigenvalue weighted by Gasteiger charge is -2.26. The fourth-order valence-electron chi connectivity index (χ4n) is 2.11. The molecule has 0 aliphatic rings. The van der Waals surface area contributed by atoms with E-state index in [0.717, 1.165) is 25.7 Å². The predicted octanol–water partition coefficient (Wildman–Crippen LogP) is 5.37. The van der Waals surface area contributed by atoms with Gasteiger partial charge in [-0.15, -0.1) is 0 Å². The van der Waals surface area contributed by atoms with E-state index in [-0.39, 0.29) is 0 Å². The summed E-state index contributed by atoms with van der Waals surface area (Å²) in [6, 6.07) is 0. The van der Waals surface area contributed by atoms with Crippen molar-refractivity contribution in [3.05, 3.63) is 0 Å². The van der Waals surface area contributed by atoms with Gasteiger partial charge in [0.15, 0.2) is 0 Å². The van der Waals surface area contributed by atoms with Crippen molar-refractivity contribution in [2.24, 2.45) is 11.3 Å². The summed E-state index contributed by atoms with van der Waals surface area (Å²) >= 11 is 0. The normalized spacial score (nSPS) is 16.4.